The third-order valence-corrected chi connectivity index (χ3v) is 7.90. The van der Waals surface area contributed by atoms with E-state index in [0.29, 0.717) is 11.3 Å². The number of rotatable bonds is 3. The van der Waals surface area contributed by atoms with Crippen molar-refractivity contribution in [2.45, 2.75) is 30.1 Å². The van der Waals surface area contributed by atoms with Gasteiger partial charge in [0.15, 0.2) is 5.78 Å². The number of thioether (sulfide) groups is 1. The Morgan fingerprint density at radius 1 is 0.964 bits per heavy atom. The zero-order valence-electron chi connectivity index (χ0n) is 15.4. The van der Waals surface area contributed by atoms with E-state index in [0.717, 1.165) is 25.0 Å². The van der Waals surface area contributed by atoms with Crippen LogP contribution >= 0.6 is 43.6 Å². The van der Waals surface area contributed by atoms with Crippen molar-refractivity contribution < 1.29 is 9.53 Å². The summed E-state index contributed by atoms with van der Waals surface area (Å²) < 4.78 is 8.17. The van der Waals surface area contributed by atoms with Gasteiger partial charge in [0.2, 0.25) is 0 Å². The highest BCUT2D eigenvalue weighted by Gasteiger charge is 2.40. The normalized spacial score (nSPS) is 18.5. The Bertz CT molecular complexity index is 1030. The summed E-state index contributed by atoms with van der Waals surface area (Å²) in [4.78, 5) is 14.6. The van der Waals surface area contributed by atoms with Crippen molar-refractivity contribution in [3.8, 4) is 5.75 Å². The predicted octanol–water partition coefficient (Wildman–Crippen LogP) is 7.31. The van der Waals surface area contributed by atoms with E-state index in [4.69, 9.17) is 4.74 Å². The lowest BCUT2D eigenvalue weighted by atomic mass is 9.95. The highest BCUT2D eigenvalue weighted by atomic mass is 79.9. The van der Waals surface area contributed by atoms with Gasteiger partial charge in [-0.1, -0.05) is 64.0 Å². The predicted molar refractivity (Wildman–Crippen MR) is 122 cm³/mol. The number of hydrogen-bond donors (Lipinski definition) is 0. The fourth-order valence-electron chi connectivity index (χ4n) is 3.24. The van der Waals surface area contributed by atoms with Gasteiger partial charge in [-0.3, -0.25) is 4.79 Å². The van der Waals surface area contributed by atoms with Crippen molar-refractivity contribution in [2.75, 3.05) is 0 Å². The van der Waals surface area contributed by atoms with Gasteiger partial charge in [0.25, 0.3) is 0 Å². The summed E-state index contributed by atoms with van der Waals surface area (Å²) >= 11 is 8.75. The molecule has 2 atom stereocenters. The minimum absolute atomic E-state index is 0.0853. The summed E-state index contributed by atoms with van der Waals surface area (Å²) in [5.41, 5.74) is 3.83. The molecule has 142 valence electrons. The van der Waals surface area contributed by atoms with Gasteiger partial charge in [-0.25, -0.2) is 0 Å². The molecule has 3 aromatic rings. The quantitative estimate of drug-likeness (QED) is 0.364. The van der Waals surface area contributed by atoms with Gasteiger partial charge >= 0.3 is 0 Å². The zero-order valence-corrected chi connectivity index (χ0v) is 19.4. The molecule has 0 unspecified atom stereocenters. The molecule has 0 radical (unpaired) electrons. The maximum absolute atomic E-state index is 13.5. The highest BCUT2D eigenvalue weighted by Crippen LogP contribution is 2.47. The van der Waals surface area contributed by atoms with Crippen LogP contribution in [0.25, 0.3) is 0 Å². The number of ketones is 1. The van der Waals surface area contributed by atoms with Gasteiger partial charge in [0.05, 0.1) is 10.0 Å². The van der Waals surface area contributed by atoms with E-state index in [9.17, 15) is 4.79 Å². The van der Waals surface area contributed by atoms with Crippen molar-refractivity contribution in [2.24, 2.45) is 0 Å². The van der Waals surface area contributed by atoms with Gasteiger partial charge in [-0.15, -0.1) is 11.8 Å². The van der Waals surface area contributed by atoms with Crippen LogP contribution in [0.3, 0.4) is 0 Å². The van der Waals surface area contributed by atoms with Crippen molar-refractivity contribution in [1.29, 1.82) is 0 Å². The molecular formula is C23H18Br2O2S. The Kier molecular flexibility index (Phi) is 5.68. The number of carbonyl (C=O) groups is 1. The Labute approximate surface area is 185 Å². The lowest BCUT2D eigenvalue weighted by Crippen LogP contribution is -2.34. The summed E-state index contributed by atoms with van der Waals surface area (Å²) in [6.07, 6.45) is -0.357. The van der Waals surface area contributed by atoms with Crippen molar-refractivity contribution in [3.05, 3.63) is 91.9 Å². The second kappa shape index (κ2) is 8.05. The Morgan fingerprint density at radius 3 is 2.32 bits per heavy atom. The average molecular weight is 518 g/mol. The number of hydrogen-bond acceptors (Lipinski definition) is 3. The minimum atomic E-state index is -0.362. The standard InChI is InChI=1S/C23H18Br2O2S/c1-13-8-10-16(11-9-13)28-23-20(26)17-12-18(24)14(2)19(25)22(17)27-21(23)15-6-4-3-5-7-15/h3-12,21,23H,1-2H3/t21-,23-/m1/s1. The van der Waals surface area contributed by atoms with Gasteiger partial charge < -0.3 is 4.74 Å². The van der Waals surface area contributed by atoms with Crippen molar-refractivity contribution in [1.82, 2.24) is 0 Å². The van der Waals surface area contributed by atoms with Crippen LogP contribution in [0.5, 0.6) is 5.75 Å². The molecule has 0 amide bonds. The van der Waals surface area contributed by atoms with Crippen LogP contribution < -0.4 is 4.74 Å². The Balaban J connectivity index is 1.81. The maximum Gasteiger partial charge on any atom is 0.184 e. The van der Waals surface area contributed by atoms with E-state index in [1.165, 1.54) is 5.56 Å². The van der Waals surface area contributed by atoms with Crippen LogP contribution in [0.1, 0.15) is 33.2 Å². The second-order valence-corrected chi connectivity index (χ2v) is 9.70. The SMILES string of the molecule is Cc1ccc(S[C@@H]2C(=O)c3cc(Br)c(C)c(Br)c3O[C@@H]2c2ccccc2)cc1. The summed E-state index contributed by atoms with van der Waals surface area (Å²) in [7, 11) is 0. The molecule has 4 rings (SSSR count). The third-order valence-electron chi connectivity index (χ3n) is 4.86. The van der Waals surface area contributed by atoms with E-state index < -0.39 is 0 Å². The first-order valence-corrected chi connectivity index (χ1v) is 11.4. The number of benzene rings is 3. The molecule has 0 bridgehead atoms. The van der Waals surface area contributed by atoms with Gasteiger partial charge in [-0.2, -0.15) is 0 Å². The smallest absolute Gasteiger partial charge is 0.184 e. The molecule has 0 aromatic heterocycles. The zero-order chi connectivity index (χ0) is 19.8. The summed E-state index contributed by atoms with van der Waals surface area (Å²) in [6, 6.07) is 20.1. The average Bonchev–Trinajstić information content (AvgIpc) is 2.71. The van der Waals surface area contributed by atoms with Crippen molar-refractivity contribution >= 4 is 49.4 Å². The number of halogens is 2. The number of Topliss-reactive ketones (excluding diaryl/α,β-unsaturated/α-hetero) is 1. The Hall–Kier alpha value is -1.56. The maximum atomic E-state index is 13.5. The minimum Gasteiger partial charge on any atom is -0.482 e. The van der Waals surface area contributed by atoms with E-state index >= 15 is 0 Å². The molecular weight excluding hydrogens is 500 g/mol. The fraction of sp³-hybridized carbons (Fsp3) is 0.174. The molecule has 1 aliphatic heterocycles. The van der Waals surface area contributed by atoms with Gasteiger partial charge in [0.1, 0.15) is 17.1 Å². The number of fused-ring (bicyclic) bond motifs is 1. The number of aryl methyl sites for hydroxylation is 1. The lowest BCUT2D eigenvalue weighted by molar-refractivity contribution is 0.0865. The third kappa shape index (κ3) is 3.68. The summed E-state index contributed by atoms with van der Waals surface area (Å²) in [6.45, 7) is 4.05. The van der Waals surface area contributed by atoms with E-state index in [1.54, 1.807) is 11.8 Å². The van der Waals surface area contributed by atoms with Gasteiger partial charge in [0, 0.05) is 9.37 Å². The van der Waals surface area contributed by atoms with Crippen LogP contribution in [0, 0.1) is 13.8 Å². The topological polar surface area (TPSA) is 26.3 Å². The van der Waals surface area contributed by atoms with E-state index in [-0.39, 0.29) is 17.1 Å². The highest BCUT2D eigenvalue weighted by molar-refractivity contribution is 9.11. The molecule has 1 aliphatic rings. The van der Waals surface area contributed by atoms with Gasteiger partial charge in [-0.05, 0) is 59.1 Å². The second-order valence-electron chi connectivity index (χ2n) is 6.84. The van der Waals surface area contributed by atoms with Crippen LogP contribution in [0.4, 0.5) is 0 Å². The number of ether oxygens (including phenoxy) is 1. The molecule has 1 heterocycles. The molecule has 0 saturated heterocycles. The molecule has 3 aromatic carbocycles. The summed E-state index contributed by atoms with van der Waals surface area (Å²) in [5.74, 6) is 0.711. The monoisotopic (exact) mass is 516 g/mol. The van der Waals surface area contributed by atoms with Crippen LogP contribution in [-0.4, -0.2) is 11.0 Å². The first kappa shape index (κ1) is 19.7. The van der Waals surface area contributed by atoms with Crippen LogP contribution in [0.15, 0.2) is 74.5 Å². The number of carbonyl (C=O) groups excluding carboxylic acids is 1. The molecule has 5 heteroatoms. The molecule has 0 spiro atoms. The molecule has 2 nitrogen and oxygen atoms in total. The lowest BCUT2D eigenvalue weighted by Gasteiger charge is -2.33. The molecule has 28 heavy (non-hydrogen) atoms. The largest absolute Gasteiger partial charge is 0.482 e. The summed E-state index contributed by atoms with van der Waals surface area (Å²) in [5, 5.41) is -0.362. The van der Waals surface area contributed by atoms with Crippen LogP contribution in [0.2, 0.25) is 0 Å². The van der Waals surface area contributed by atoms with E-state index in [2.05, 4.69) is 63.0 Å². The van der Waals surface area contributed by atoms with Crippen molar-refractivity contribution in [3.63, 3.8) is 0 Å². The molecule has 0 fully saturated rings. The van der Waals surface area contributed by atoms with E-state index in [1.807, 2.05) is 43.3 Å². The molecule has 0 N–H and O–H groups in total. The first-order valence-electron chi connectivity index (χ1n) is 8.93. The molecule has 0 saturated carbocycles. The Morgan fingerprint density at radius 2 is 1.64 bits per heavy atom. The fourth-order valence-corrected chi connectivity index (χ4v) is 5.61. The molecule has 0 aliphatic carbocycles. The first-order chi connectivity index (χ1) is 13.5. The van der Waals surface area contributed by atoms with Crippen LogP contribution in [-0.2, 0) is 0 Å².